The Balaban J connectivity index is 2.17. The topological polar surface area (TPSA) is 48.7 Å². The number of fused-ring (bicyclic) bond motifs is 1. The quantitative estimate of drug-likeness (QED) is 0.786. The Kier molecular flexibility index (Phi) is 4.47. The van der Waals surface area contributed by atoms with Crippen LogP contribution in [0.15, 0.2) is 27.1 Å². The number of furan rings is 1. The second-order valence-corrected chi connectivity index (χ2v) is 4.99. The predicted octanol–water partition coefficient (Wildman–Crippen LogP) is 3.70. The van der Waals surface area contributed by atoms with E-state index in [1.54, 1.807) is 7.11 Å². The number of ether oxygens (including phenoxy) is 2. The second kappa shape index (κ2) is 6.10. The molecular formula is C14H15BrO4. The SMILES string of the molecule is COC(=O)CCCc1cc2c(Br)ccc(OC)c2o1. The molecule has 0 saturated heterocycles. The highest BCUT2D eigenvalue weighted by Crippen LogP contribution is 2.34. The standard InChI is InChI=1S/C14H15BrO4/c1-17-12-7-6-11(15)10-8-9(19-14(10)12)4-3-5-13(16)18-2/h6-8H,3-5H2,1-2H3. The highest BCUT2D eigenvalue weighted by atomic mass is 79.9. The summed E-state index contributed by atoms with van der Waals surface area (Å²) in [6.45, 7) is 0. The summed E-state index contributed by atoms with van der Waals surface area (Å²) < 4.78 is 16.6. The predicted molar refractivity (Wildman–Crippen MR) is 75.4 cm³/mol. The van der Waals surface area contributed by atoms with Crippen molar-refractivity contribution in [3.8, 4) is 5.75 Å². The third kappa shape index (κ3) is 3.10. The Labute approximate surface area is 119 Å². The Morgan fingerprint density at radius 1 is 1.37 bits per heavy atom. The average Bonchev–Trinajstić information content (AvgIpc) is 2.84. The van der Waals surface area contributed by atoms with Crippen molar-refractivity contribution in [3.05, 3.63) is 28.4 Å². The van der Waals surface area contributed by atoms with E-state index in [4.69, 9.17) is 9.15 Å². The van der Waals surface area contributed by atoms with Gasteiger partial charge < -0.3 is 13.9 Å². The van der Waals surface area contributed by atoms with E-state index in [9.17, 15) is 4.79 Å². The van der Waals surface area contributed by atoms with E-state index in [-0.39, 0.29) is 5.97 Å². The first kappa shape index (κ1) is 13.9. The zero-order valence-electron chi connectivity index (χ0n) is 10.9. The van der Waals surface area contributed by atoms with Crippen LogP contribution in [0.3, 0.4) is 0 Å². The van der Waals surface area contributed by atoms with Crippen LogP contribution in [-0.2, 0) is 16.0 Å². The van der Waals surface area contributed by atoms with Crippen molar-refractivity contribution in [2.45, 2.75) is 19.3 Å². The van der Waals surface area contributed by atoms with Gasteiger partial charge in [-0.25, -0.2) is 0 Å². The van der Waals surface area contributed by atoms with Crippen LogP contribution >= 0.6 is 15.9 Å². The number of benzene rings is 1. The molecule has 0 fully saturated rings. The van der Waals surface area contributed by atoms with Gasteiger partial charge in [-0.3, -0.25) is 4.79 Å². The number of carbonyl (C=O) groups excluding carboxylic acids is 1. The molecule has 4 nitrogen and oxygen atoms in total. The van der Waals surface area contributed by atoms with Gasteiger partial charge in [-0.05, 0) is 24.6 Å². The van der Waals surface area contributed by atoms with Gasteiger partial charge in [0.15, 0.2) is 11.3 Å². The van der Waals surface area contributed by atoms with Crippen LogP contribution in [0.1, 0.15) is 18.6 Å². The van der Waals surface area contributed by atoms with Gasteiger partial charge in [0.1, 0.15) is 5.76 Å². The Morgan fingerprint density at radius 3 is 2.84 bits per heavy atom. The van der Waals surface area contributed by atoms with Crippen molar-refractivity contribution in [2.24, 2.45) is 0 Å². The molecule has 0 radical (unpaired) electrons. The van der Waals surface area contributed by atoms with Crippen molar-refractivity contribution in [2.75, 3.05) is 14.2 Å². The molecule has 0 aliphatic carbocycles. The molecule has 0 bridgehead atoms. The van der Waals surface area contributed by atoms with Crippen molar-refractivity contribution in [1.82, 2.24) is 0 Å². The van der Waals surface area contributed by atoms with Gasteiger partial charge in [0.05, 0.1) is 14.2 Å². The van der Waals surface area contributed by atoms with E-state index in [2.05, 4.69) is 20.7 Å². The fourth-order valence-electron chi connectivity index (χ4n) is 1.91. The molecule has 0 atom stereocenters. The van der Waals surface area contributed by atoms with Crippen molar-refractivity contribution in [1.29, 1.82) is 0 Å². The molecule has 1 heterocycles. The highest BCUT2D eigenvalue weighted by molar-refractivity contribution is 9.10. The summed E-state index contributed by atoms with van der Waals surface area (Å²) in [4.78, 5) is 11.0. The highest BCUT2D eigenvalue weighted by Gasteiger charge is 2.12. The lowest BCUT2D eigenvalue weighted by Gasteiger charge is -2.00. The fraction of sp³-hybridized carbons (Fsp3) is 0.357. The number of rotatable bonds is 5. The summed E-state index contributed by atoms with van der Waals surface area (Å²) >= 11 is 3.49. The van der Waals surface area contributed by atoms with Crippen LogP contribution in [0.25, 0.3) is 11.0 Å². The average molecular weight is 327 g/mol. The number of hydrogen-bond acceptors (Lipinski definition) is 4. The zero-order valence-corrected chi connectivity index (χ0v) is 12.5. The summed E-state index contributed by atoms with van der Waals surface area (Å²) in [6, 6.07) is 5.75. The molecule has 0 saturated carbocycles. The van der Waals surface area contributed by atoms with Crippen molar-refractivity contribution in [3.63, 3.8) is 0 Å². The molecule has 0 N–H and O–H groups in total. The molecule has 19 heavy (non-hydrogen) atoms. The van der Waals surface area contributed by atoms with Crippen LogP contribution < -0.4 is 4.74 Å². The molecule has 0 aliphatic heterocycles. The zero-order chi connectivity index (χ0) is 13.8. The van der Waals surface area contributed by atoms with E-state index in [0.29, 0.717) is 25.0 Å². The number of carbonyl (C=O) groups is 1. The van der Waals surface area contributed by atoms with E-state index < -0.39 is 0 Å². The summed E-state index contributed by atoms with van der Waals surface area (Å²) in [5.41, 5.74) is 0.727. The lowest BCUT2D eigenvalue weighted by Crippen LogP contribution is -2.00. The van der Waals surface area contributed by atoms with E-state index in [1.165, 1.54) is 7.11 Å². The third-order valence-electron chi connectivity index (χ3n) is 2.90. The Morgan fingerprint density at radius 2 is 2.16 bits per heavy atom. The van der Waals surface area contributed by atoms with Crippen LogP contribution in [0.4, 0.5) is 0 Å². The van der Waals surface area contributed by atoms with Crippen molar-refractivity contribution < 1.29 is 18.7 Å². The van der Waals surface area contributed by atoms with Gasteiger partial charge in [-0.1, -0.05) is 15.9 Å². The third-order valence-corrected chi connectivity index (χ3v) is 3.59. The lowest BCUT2D eigenvalue weighted by atomic mass is 10.2. The minimum absolute atomic E-state index is 0.199. The van der Waals surface area contributed by atoms with Crippen LogP contribution in [0.2, 0.25) is 0 Å². The van der Waals surface area contributed by atoms with Gasteiger partial charge in [0, 0.05) is 22.7 Å². The molecule has 0 unspecified atom stereocenters. The molecular weight excluding hydrogens is 312 g/mol. The molecule has 0 amide bonds. The molecule has 1 aromatic carbocycles. The van der Waals surface area contributed by atoms with Gasteiger partial charge in [-0.2, -0.15) is 0 Å². The molecule has 5 heteroatoms. The molecule has 2 aromatic rings. The minimum atomic E-state index is -0.199. The first-order valence-electron chi connectivity index (χ1n) is 5.97. The van der Waals surface area contributed by atoms with Gasteiger partial charge >= 0.3 is 5.97 Å². The monoisotopic (exact) mass is 326 g/mol. The molecule has 0 spiro atoms. The molecule has 1 aromatic heterocycles. The Bertz CT molecular complexity index is 588. The number of halogens is 1. The van der Waals surface area contributed by atoms with Crippen molar-refractivity contribution >= 4 is 32.9 Å². The summed E-state index contributed by atoms with van der Waals surface area (Å²) in [7, 11) is 3.01. The van der Waals surface area contributed by atoms with Crippen LogP contribution in [-0.4, -0.2) is 20.2 Å². The van der Waals surface area contributed by atoms with E-state index in [0.717, 1.165) is 21.2 Å². The van der Waals surface area contributed by atoms with Gasteiger partial charge in [-0.15, -0.1) is 0 Å². The van der Waals surface area contributed by atoms with Gasteiger partial charge in [0.25, 0.3) is 0 Å². The van der Waals surface area contributed by atoms with Gasteiger partial charge in [0.2, 0.25) is 0 Å². The summed E-state index contributed by atoms with van der Waals surface area (Å²) in [6.07, 6.45) is 1.79. The van der Waals surface area contributed by atoms with Crippen LogP contribution in [0, 0.1) is 0 Å². The number of methoxy groups -OCH3 is 2. The van der Waals surface area contributed by atoms with E-state index >= 15 is 0 Å². The number of hydrogen-bond donors (Lipinski definition) is 0. The van der Waals surface area contributed by atoms with Crippen LogP contribution in [0.5, 0.6) is 5.75 Å². The number of esters is 1. The maximum atomic E-state index is 11.0. The summed E-state index contributed by atoms with van der Waals surface area (Å²) in [5, 5.41) is 0.979. The number of aryl methyl sites for hydroxylation is 1. The molecule has 102 valence electrons. The second-order valence-electron chi connectivity index (χ2n) is 4.13. The maximum absolute atomic E-state index is 11.0. The largest absolute Gasteiger partial charge is 0.493 e. The Hall–Kier alpha value is -1.49. The molecule has 2 rings (SSSR count). The smallest absolute Gasteiger partial charge is 0.305 e. The first-order valence-corrected chi connectivity index (χ1v) is 6.76. The molecule has 0 aliphatic rings. The van der Waals surface area contributed by atoms with E-state index in [1.807, 2.05) is 18.2 Å². The minimum Gasteiger partial charge on any atom is -0.493 e. The lowest BCUT2D eigenvalue weighted by molar-refractivity contribution is -0.140. The maximum Gasteiger partial charge on any atom is 0.305 e. The summed E-state index contributed by atoms with van der Waals surface area (Å²) in [5.74, 6) is 1.34. The fourth-order valence-corrected chi connectivity index (χ4v) is 2.34. The first-order chi connectivity index (χ1) is 9.15. The normalized spacial score (nSPS) is 10.7.